The van der Waals surface area contributed by atoms with Gasteiger partial charge in [-0.05, 0) is 29.8 Å². The molecule has 0 radical (unpaired) electrons. The number of aromatic nitrogens is 4. The molecule has 0 bridgehead atoms. The molecule has 84 valence electrons. The Bertz CT molecular complexity index is 296. The van der Waals surface area contributed by atoms with Gasteiger partial charge in [-0.15, -0.1) is 5.10 Å². The molecule has 1 N–H and O–H groups in total. The SMILES string of the molecule is CNCCn1nnnc1SCCC1CC1. The molecule has 15 heavy (non-hydrogen) atoms. The Morgan fingerprint density at radius 2 is 2.40 bits per heavy atom. The number of nitrogens with zero attached hydrogens (tertiary/aromatic N) is 4. The van der Waals surface area contributed by atoms with Gasteiger partial charge in [0.25, 0.3) is 0 Å². The highest BCUT2D eigenvalue weighted by atomic mass is 32.2. The van der Waals surface area contributed by atoms with Crippen molar-refractivity contribution < 1.29 is 0 Å². The van der Waals surface area contributed by atoms with Crippen molar-refractivity contribution in [2.24, 2.45) is 5.92 Å². The van der Waals surface area contributed by atoms with Crippen LogP contribution in [0.1, 0.15) is 19.3 Å². The highest BCUT2D eigenvalue weighted by molar-refractivity contribution is 7.99. The monoisotopic (exact) mass is 227 g/mol. The van der Waals surface area contributed by atoms with E-state index in [1.165, 1.54) is 19.3 Å². The average Bonchev–Trinajstić information content (AvgIpc) is 2.95. The average molecular weight is 227 g/mol. The zero-order valence-corrected chi connectivity index (χ0v) is 9.83. The van der Waals surface area contributed by atoms with Gasteiger partial charge in [0.05, 0.1) is 6.54 Å². The van der Waals surface area contributed by atoms with Gasteiger partial charge in [-0.1, -0.05) is 24.6 Å². The fourth-order valence-corrected chi connectivity index (χ4v) is 2.39. The molecule has 1 aromatic heterocycles. The van der Waals surface area contributed by atoms with Crippen LogP contribution in [0.4, 0.5) is 0 Å². The number of thioether (sulfide) groups is 1. The van der Waals surface area contributed by atoms with Crippen molar-refractivity contribution in [3.05, 3.63) is 0 Å². The lowest BCUT2D eigenvalue weighted by Gasteiger charge is -2.02. The Labute approximate surface area is 94.0 Å². The van der Waals surface area contributed by atoms with Gasteiger partial charge in [-0.25, -0.2) is 4.68 Å². The summed E-state index contributed by atoms with van der Waals surface area (Å²) in [6, 6.07) is 0. The van der Waals surface area contributed by atoms with Gasteiger partial charge in [0.1, 0.15) is 0 Å². The molecule has 2 rings (SSSR count). The highest BCUT2D eigenvalue weighted by Gasteiger charge is 2.20. The first-order chi connectivity index (χ1) is 7.40. The van der Waals surface area contributed by atoms with Gasteiger partial charge in [-0.2, -0.15) is 0 Å². The predicted molar refractivity (Wildman–Crippen MR) is 59.8 cm³/mol. The smallest absolute Gasteiger partial charge is 0.209 e. The molecule has 0 aromatic carbocycles. The molecule has 1 aromatic rings. The molecule has 1 aliphatic carbocycles. The standard InChI is InChI=1S/C9H17N5S/c1-10-5-6-14-9(11-12-13-14)15-7-4-8-2-3-8/h8,10H,2-7H2,1H3. The third-order valence-electron chi connectivity index (χ3n) is 2.53. The molecule has 1 saturated carbocycles. The molecule has 0 aliphatic heterocycles. The van der Waals surface area contributed by atoms with Crippen LogP contribution >= 0.6 is 11.8 Å². The Balaban J connectivity index is 1.75. The van der Waals surface area contributed by atoms with Crippen molar-refractivity contribution in [1.82, 2.24) is 25.5 Å². The van der Waals surface area contributed by atoms with Gasteiger partial charge < -0.3 is 5.32 Å². The van der Waals surface area contributed by atoms with Crippen molar-refractivity contribution in [1.29, 1.82) is 0 Å². The maximum atomic E-state index is 4.02. The quantitative estimate of drug-likeness (QED) is 0.698. The molecule has 5 nitrogen and oxygen atoms in total. The predicted octanol–water partition coefficient (Wildman–Crippen LogP) is 0.785. The topological polar surface area (TPSA) is 55.6 Å². The summed E-state index contributed by atoms with van der Waals surface area (Å²) in [7, 11) is 1.93. The van der Waals surface area contributed by atoms with E-state index in [0.717, 1.165) is 29.9 Å². The molecule has 1 heterocycles. The van der Waals surface area contributed by atoms with E-state index >= 15 is 0 Å². The molecular weight excluding hydrogens is 210 g/mol. The minimum absolute atomic E-state index is 0.843. The summed E-state index contributed by atoms with van der Waals surface area (Å²) >= 11 is 1.77. The first-order valence-corrected chi connectivity index (χ1v) is 6.42. The van der Waals surface area contributed by atoms with E-state index in [9.17, 15) is 0 Å². The molecule has 0 spiro atoms. The maximum Gasteiger partial charge on any atom is 0.209 e. The Morgan fingerprint density at radius 3 is 3.13 bits per heavy atom. The first-order valence-electron chi connectivity index (χ1n) is 5.43. The minimum Gasteiger partial charge on any atom is -0.318 e. The van der Waals surface area contributed by atoms with Crippen LogP contribution < -0.4 is 5.32 Å². The van der Waals surface area contributed by atoms with Crippen LogP contribution in [0.2, 0.25) is 0 Å². The van der Waals surface area contributed by atoms with Gasteiger partial charge in [0.15, 0.2) is 0 Å². The highest BCUT2D eigenvalue weighted by Crippen LogP contribution is 2.34. The number of likely N-dealkylation sites (N-methyl/N-ethyl adjacent to an activating group) is 1. The molecular formula is C9H17N5S. The van der Waals surface area contributed by atoms with Crippen molar-refractivity contribution in [3.63, 3.8) is 0 Å². The number of nitrogens with one attached hydrogen (secondary N) is 1. The van der Waals surface area contributed by atoms with Crippen LogP contribution in [0.3, 0.4) is 0 Å². The van der Waals surface area contributed by atoms with Crippen molar-refractivity contribution in [3.8, 4) is 0 Å². The molecule has 6 heteroatoms. The summed E-state index contributed by atoms with van der Waals surface area (Å²) in [6.45, 7) is 1.75. The van der Waals surface area contributed by atoms with Crippen LogP contribution in [0, 0.1) is 5.92 Å². The van der Waals surface area contributed by atoms with E-state index in [1.807, 2.05) is 11.7 Å². The minimum atomic E-state index is 0.843. The van der Waals surface area contributed by atoms with Crippen molar-refractivity contribution >= 4 is 11.8 Å². The van der Waals surface area contributed by atoms with E-state index in [2.05, 4.69) is 20.8 Å². The summed E-state index contributed by atoms with van der Waals surface area (Å²) in [5.41, 5.74) is 0. The van der Waals surface area contributed by atoms with Crippen LogP contribution in [0.25, 0.3) is 0 Å². The van der Waals surface area contributed by atoms with E-state index in [-0.39, 0.29) is 0 Å². The largest absolute Gasteiger partial charge is 0.318 e. The van der Waals surface area contributed by atoms with Crippen LogP contribution in [0.5, 0.6) is 0 Å². The van der Waals surface area contributed by atoms with Crippen LogP contribution in [-0.4, -0.2) is 39.6 Å². The second kappa shape index (κ2) is 5.46. The Morgan fingerprint density at radius 1 is 1.53 bits per heavy atom. The van der Waals surface area contributed by atoms with Crippen molar-refractivity contribution in [2.75, 3.05) is 19.3 Å². The lowest BCUT2D eigenvalue weighted by Crippen LogP contribution is -2.16. The summed E-state index contributed by atoms with van der Waals surface area (Å²) in [5, 5.41) is 15.7. The Kier molecular flexibility index (Phi) is 3.96. The van der Waals surface area contributed by atoms with Crippen molar-refractivity contribution in [2.45, 2.75) is 31.0 Å². The third-order valence-corrected chi connectivity index (χ3v) is 3.52. The van der Waals surface area contributed by atoms with E-state index in [4.69, 9.17) is 0 Å². The fourth-order valence-electron chi connectivity index (χ4n) is 1.38. The zero-order chi connectivity index (χ0) is 10.5. The summed E-state index contributed by atoms with van der Waals surface area (Å²) in [4.78, 5) is 0. The second-order valence-corrected chi connectivity index (χ2v) is 4.93. The van der Waals surface area contributed by atoms with Crippen LogP contribution in [-0.2, 0) is 6.54 Å². The number of hydrogen-bond acceptors (Lipinski definition) is 5. The Hall–Kier alpha value is -0.620. The molecule has 1 fully saturated rings. The summed E-state index contributed by atoms with van der Waals surface area (Å²) in [6.07, 6.45) is 4.15. The van der Waals surface area contributed by atoms with E-state index < -0.39 is 0 Å². The van der Waals surface area contributed by atoms with E-state index in [1.54, 1.807) is 11.8 Å². The first kappa shape index (κ1) is 10.9. The van der Waals surface area contributed by atoms with Crippen LogP contribution in [0.15, 0.2) is 5.16 Å². The fraction of sp³-hybridized carbons (Fsp3) is 0.889. The molecule has 1 aliphatic rings. The lowest BCUT2D eigenvalue weighted by molar-refractivity contribution is 0.529. The lowest BCUT2D eigenvalue weighted by atomic mass is 10.3. The van der Waals surface area contributed by atoms with E-state index in [0.29, 0.717) is 0 Å². The maximum absolute atomic E-state index is 4.02. The summed E-state index contributed by atoms with van der Waals surface area (Å²) < 4.78 is 1.87. The molecule has 0 saturated heterocycles. The number of rotatable bonds is 7. The normalized spacial score (nSPS) is 15.8. The number of hydrogen-bond donors (Lipinski definition) is 1. The number of tetrazole rings is 1. The molecule has 0 atom stereocenters. The summed E-state index contributed by atoms with van der Waals surface area (Å²) in [5.74, 6) is 2.13. The second-order valence-electron chi connectivity index (χ2n) is 3.87. The third kappa shape index (κ3) is 3.46. The molecule has 0 unspecified atom stereocenters. The van der Waals surface area contributed by atoms with Gasteiger partial charge in [0, 0.05) is 12.3 Å². The van der Waals surface area contributed by atoms with Gasteiger partial charge in [0.2, 0.25) is 5.16 Å². The van der Waals surface area contributed by atoms with Gasteiger partial charge in [-0.3, -0.25) is 0 Å². The zero-order valence-electron chi connectivity index (χ0n) is 9.02. The van der Waals surface area contributed by atoms with Gasteiger partial charge >= 0.3 is 0 Å². The molecule has 0 amide bonds.